The smallest absolute Gasteiger partial charge is 0.242 e. The van der Waals surface area contributed by atoms with Gasteiger partial charge in [0.1, 0.15) is 4.90 Å². The summed E-state index contributed by atoms with van der Waals surface area (Å²) in [5.74, 6) is 0.695. The van der Waals surface area contributed by atoms with E-state index in [1.54, 1.807) is 18.3 Å². The third kappa shape index (κ3) is 3.94. The van der Waals surface area contributed by atoms with E-state index in [1.807, 2.05) is 19.1 Å². The lowest BCUT2D eigenvalue weighted by Crippen LogP contribution is -2.40. The van der Waals surface area contributed by atoms with Crippen LogP contribution in [0.4, 0.5) is 0 Å². The number of hydrogen-bond acceptors (Lipinski definition) is 4. The summed E-state index contributed by atoms with van der Waals surface area (Å²) in [6, 6.07) is 7.24. The molecule has 1 atom stereocenters. The monoisotopic (exact) mass is 347 g/mol. The minimum Gasteiger partial charge on any atom is -0.302 e. The molecule has 5 nitrogen and oxygen atoms in total. The zero-order chi connectivity index (χ0) is 17.2. The van der Waals surface area contributed by atoms with E-state index in [2.05, 4.69) is 21.5 Å². The van der Waals surface area contributed by atoms with Gasteiger partial charge in [-0.3, -0.25) is 4.98 Å². The fourth-order valence-electron chi connectivity index (χ4n) is 3.37. The first-order chi connectivity index (χ1) is 11.5. The molecule has 1 saturated heterocycles. The van der Waals surface area contributed by atoms with E-state index in [9.17, 15) is 8.42 Å². The summed E-state index contributed by atoms with van der Waals surface area (Å²) in [5.41, 5.74) is 1.55. The van der Waals surface area contributed by atoms with Crippen LogP contribution in [-0.4, -0.2) is 44.5 Å². The minimum absolute atomic E-state index is 0.256. The molecule has 2 aromatic rings. The van der Waals surface area contributed by atoms with Crippen LogP contribution in [0.2, 0.25) is 0 Å². The second-order valence-corrected chi connectivity index (χ2v) is 8.52. The predicted molar refractivity (Wildman–Crippen MR) is 96.5 cm³/mol. The molecule has 1 N–H and O–H groups in total. The number of pyridine rings is 1. The maximum atomic E-state index is 12.7. The van der Waals surface area contributed by atoms with Crippen molar-refractivity contribution >= 4 is 20.9 Å². The van der Waals surface area contributed by atoms with Crippen LogP contribution in [0.15, 0.2) is 35.4 Å². The third-order valence-corrected chi connectivity index (χ3v) is 6.05. The quantitative estimate of drug-likeness (QED) is 0.903. The fraction of sp³-hybridized carbons (Fsp3) is 0.500. The Morgan fingerprint density at radius 1 is 1.38 bits per heavy atom. The van der Waals surface area contributed by atoms with Gasteiger partial charge in [-0.2, -0.15) is 0 Å². The van der Waals surface area contributed by atoms with Crippen LogP contribution < -0.4 is 4.72 Å². The zero-order valence-corrected chi connectivity index (χ0v) is 15.1. The summed E-state index contributed by atoms with van der Waals surface area (Å²) in [5, 5.41) is 0.850. The molecule has 2 heterocycles. The molecule has 6 heteroatoms. The topological polar surface area (TPSA) is 62.3 Å². The maximum absolute atomic E-state index is 12.7. The van der Waals surface area contributed by atoms with Gasteiger partial charge in [-0.1, -0.05) is 19.1 Å². The molecule has 1 fully saturated rings. The number of hydrogen-bond donors (Lipinski definition) is 1. The molecule has 0 unspecified atom stereocenters. The van der Waals surface area contributed by atoms with E-state index < -0.39 is 10.0 Å². The van der Waals surface area contributed by atoms with Gasteiger partial charge in [0.15, 0.2) is 0 Å². The van der Waals surface area contributed by atoms with Crippen LogP contribution in [0.5, 0.6) is 0 Å². The Morgan fingerprint density at radius 2 is 2.21 bits per heavy atom. The van der Waals surface area contributed by atoms with Crippen molar-refractivity contribution in [2.75, 3.05) is 26.2 Å². The first-order valence-corrected chi connectivity index (χ1v) is 10.0. The standard InChI is InChI=1S/C18H25N3O2S/c1-14-5-4-9-21(13-14)10-8-20-24(22,23)17-7-3-6-16-11-15(2)12-19-18(16)17/h3,6-7,11-12,14,20H,4-5,8-10,13H2,1-2H3/t14-/m1/s1. The van der Waals surface area contributed by atoms with Crippen LogP contribution in [0.1, 0.15) is 25.3 Å². The molecule has 0 amide bonds. The molecular formula is C18H25N3O2S. The second-order valence-electron chi connectivity index (χ2n) is 6.79. The number of rotatable bonds is 5. The van der Waals surface area contributed by atoms with E-state index in [4.69, 9.17) is 0 Å². The first kappa shape index (κ1) is 17.3. The molecule has 1 aliphatic heterocycles. The Balaban J connectivity index is 1.71. The number of nitrogens with one attached hydrogen (secondary N) is 1. The summed E-state index contributed by atoms with van der Waals surface area (Å²) in [6.45, 7) is 7.49. The highest BCUT2D eigenvalue weighted by Gasteiger charge is 2.20. The van der Waals surface area contributed by atoms with Crippen molar-refractivity contribution in [3.05, 3.63) is 36.0 Å². The van der Waals surface area contributed by atoms with Crippen molar-refractivity contribution in [3.63, 3.8) is 0 Å². The first-order valence-electron chi connectivity index (χ1n) is 8.53. The van der Waals surface area contributed by atoms with E-state index in [1.165, 1.54) is 12.8 Å². The summed E-state index contributed by atoms with van der Waals surface area (Å²) in [6.07, 6.45) is 4.17. The third-order valence-electron chi connectivity index (χ3n) is 4.56. The number of fused-ring (bicyclic) bond motifs is 1. The lowest BCUT2D eigenvalue weighted by Gasteiger charge is -2.30. The molecule has 0 aliphatic carbocycles. The Bertz CT molecular complexity index is 820. The van der Waals surface area contributed by atoms with Gasteiger partial charge in [0.25, 0.3) is 0 Å². The normalized spacial score (nSPS) is 19.7. The van der Waals surface area contributed by atoms with Crippen molar-refractivity contribution in [3.8, 4) is 0 Å². The van der Waals surface area contributed by atoms with Gasteiger partial charge in [-0.15, -0.1) is 0 Å². The maximum Gasteiger partial charge on any atom is 0.242 e. The Hall–Kier alpha value is -1.50. The van der Waals surface area contributed by atoms with Crippen LogP contribution >= 0.6 is 0 Å². The minimum atomic E-state index is -3.55. The summed E-state index contributed by atoms with van der Waals surface area (Å²) in [7, 11) is -3.55. The lowest BCUT2D eigenvalue weighted by molar-refractivity contribution is 0.187. The molecule has 1 aliphatic rings. The van der Waals surface area contributed by atoms with E-state index in [-0.39, 0.29) is 4.90 Å². The second kappa shape index (κ2) is 7.17. The molecule has 1 aromatic carbocycles. The Labute approximate surface area is 144 Å². The van der Waals surface area contributed by atoms with Gasteiger partial charge in [0.2, 0.25) is 10.0 Å². The number of para-hydroxylation sites is 1. The summed E-state index contributed by atoms with van der Waals surface area (Å²) < 4.78 is 28.1. The van der Waals surface area contributed by atoms with Crippen LogP contribution in [0.25, 0.3) is 10.9 Å². The van der Waals surface area contributed by atoms with Gasteiger partial charge >= 0.3 is 0 Å². The number of nitrogens with zero attached hydrogens (tertiary/aromatic N) is 2. The number of sulfonamides is 1. The Morgan fingerprint density at radius 3 is 3.00 bits per heavy atom. The van der Waals surface area contributed by atoms with Gasteiger partial charge in [0.05, 0.1) is 5.52 Å². The number of piperidine rings is 1. The van der Waals surface area contributed by atoms with E-state index in [0.29, 0.717) is 18.0 Å². The van der Waals surface area contributed by atoms with Crippen molar-refractivity contribution in [1.29, 1.82) is 0 Å². The number of likely N-dealkylation sites (tertiary alicyclic amines) is 1. The van der Waals surface area contributed by atoms with Crippen molar-refractivity contribution in [2.24, 2.45) is 5.92 Å². The molecule has 130 valence electrons. The van der Waals surface area contributed by atoms with Crippen LogP contribution in [0.3, 0.4) is 0 Å². The lowest BCUT2D eigenvalue weighted by atomic mass is 10.0. The molecule has 0 spiro atoms. The van der Waals surface area contributed by atoms with Crippen molar-refractivity contribution in [2.45, 2.75) is 31.6 Å². The highest BCUT2D eigenvalue weighted by Crippen LogP contribution is 2.21. The van der Waals surface area contributed by atoms with E-state index in [0.717, 1.165) is 30.6 Å². The summed E-state index contributed by atoms with van der Waals surface area (Å²) in [4.78, 5) is 6.92. The van der Waals surface area contributed by atoms with Crippen molar-refractivity contribution in [1.82, 2.24) is 14.6 Å². The molecule has 0 radical (unpaired) electrons. The largest absolute Gasteiger partial charge is 0.302 e. The average molecular weight is 347 g/mol. The van der Waals surface area contributed by atoms with E-state index >= 15 is 0 Å². The van der Waals surface area contributed by atoms with Gasteiger partial charge in [0, 0.05) is 31.2 Å². The zero-order valence-electron chi connectivity index (χ0n) is 14.3. The van der Waals surface area contributed by atoms with Crippen molar-refractivity contribution < 1.29 is 8.42 Å². The molecule has 0 saturated carbocycles. The molecule has 3 rings (SSSR count). The Kier molecular flexibility index (Phi) is 5.18. The highest BCUT2D eigenvalue weighted by atomic mass is 32.2. The average Bonchev–Trinajstić information content (AvgIpc) is 2.54. The fourth-order valence-corrected chi connectivity index (χ4v) is 4.56. The molecule has 0 bridgehead atoms. The highest BCUT2D eigenvalue weighted by molar-refractivity contribution is 7.89. The predicted octanol–water partition coefficient (Wildman–Crippen LogP) is 2.55. The van der Waals surface area contributed by atoms with Gasteiger partial charge in [-0.05, 0) is 49.9 Å². The molecule has 24 heavy (non-hydrogen) atoms. The van der Waals surface area contributed by atoms with Crippen LogP contribution in [0, 0.1) is 12.8 Å². The number of aryl methyl sites for hydroxylation is 1. The SMILES string of the molecule is Cc1cnc2c(S(=O)(=O)NCCN3CCC[C@@H](C)C3)cccc2c1. The van der Waals surface area contributed by atoms with Crippen LogP contribution in [-0.2, 0) is 10.0 Å². The molecular weight excluding hydrogens is 322 g/mol. The number of aromatic nitrogens is 1. The van der Waals surface area contributed by atoms with Gasteiger partial charge in [-0.25, -0.2) is 13.1 Å². The van der Waals surface area contributed by atoms with Gasteiger partial charge < -0.3 is 4.90 Å². The number of benzene rings is 1. The molecule has 1 aromatic heterocycles. The summed E-state index contributed by atoms with van der Waals surface area (Å²) >= 11 is 0.